The summed E-state index contributed by atoms with van der Waals surface area (Å²) in [6.45, 7) is 5.14. The van der Waals surface area contributed by atoms with Gasteiger partial charge in [0.05, 0.1) is 0 Å². The maximum absolute atomic E-state index is 2.57. The van der Waals surface area contributed by atoms with E-state index in [1.807, 2.05) is 0 Å². The van der Waals surface area contributed by atoms with Gasteiger partial charge in [-0.25, -0.2) is 0 Å². The average molecular weight is 266 g/mol. The van der Waals surface area contributed by atoms with Gasteiger partial charge in [0.2, 0.25) is 0 Å². The predicted octanol–water partition coefficient (Wildman–Crippen LogP) is 5.79. The Morgan fingerprint density at radius 3 is 1.50 bits per heavy atom. The fraction of sp³-hybridized carbons (Fsp3) is 1.00. The molecule has 3 saturated carbocycles. The van der Waals surface area contributed by atoms with Gasteiger partial charge in [-0.3, -0.25) is 0 Å². The summed E-state index contributed by atoms with van der Waals surface area (Å²) < 4.78 is 0. The smallest absolute Gasteiger partial charge is 0.0178 e. The Morgan fingerprint density at radius 1 is 0.611 bits per heavy atom. The van der Waals surface area contributed by atoms with Crippen LogP contribution in [0.3, 0.4) is 0 Å². The molecular weight excluding hydrogens is 235 g/mol. The minimum absolute atomic E-state index is 0.357. The van der Waals surface area contributed by atoms with E-state index >= 15 is 0 Å². The van der Waals surface area contributed by atoms with Crippen LogP contribution in [0.15, 0.2) is 0 Å². The molecule has 4 atom stereocenters. The molecule has 2 unspecified atom stereocenters. The maximum Gasteiger partial charge on any atom is -0.0178 e. The summed E-state index contributed by atoms with van der Waals surface area (Å²) in [6, 6.07) is 0. The van der Waals surface area contributed by atoms with Crippen molar-refractivity contribution >= 4 is 7.92 Å². The molecule has 0 aliphatic heterocycles. The zero-order valence-corrected chi connectivity index (χ0v) is 13.3. The summed E-state index contributed by atoms with van der Waals surface area (Å²) in [5.41, 5.74) is 3.50. The van der Waals surface area contributed by atoms with Gasteiger partial charge >= 0.3 is 0 Å². The average Bonchev–Trinajstić information content (AvgIpc) is 3.05. The lowest BCUT2D eigenvalue weighted by molar-refractivity contribution is 0.579. The van der Waals surface area contributed by atoms with Gasteiger partial charge in [0.25, 0.3) is 0 Å². The first-order chi connectivity index (χ1) is 8.77. The largest absolute Gasteiger partial charge is 0.0966 e. The zero-order valence-electron chi connectivity index (χ0n) is 12.4. The molecule has 0 aromatic heterocycles. The SMILES string of the molecule is C[C@H]1CCCC1P(C1CCCC1)C1CCC[C@@H]1C. The molecule has 0 N–H and O–H groups in total. The van der Waals surface area contributed by atoms with E-state index in [4.69, 9.17) is 0 Å². The molecule has 0 nitrogen and oxygen atoms in total. The summed E-state index contributed by atoms with van der Waals surface area (Å²) >= 11 is 0. The highest BCUT2D eigenvalue weighted by Crippen LogP contribution is 2.65. The van der Waals surface area contributed by atoms with Gasteiger partial charge < -0.3 is 0 Å². The lowest BCUT2D eigenvalue weighted by Crippen LogP contribution is -2.25. The van der Waals surface area contributed by atoms with E-state index in [-0.39, 0.29) is 0 Å². The molecule has 0 saturated heterocycles. The van der Waals surface area contributed by atoms with Crippen LogP contribution in [0.5, 0.6) is 0 Å². The van der Waals surface area contributed by atoms with Crippen molar-refractivity contribution in [2.75, 3.05) is 0 Å². The van der Waals surface area contributed by atoms with Gasteiger partial charge in [0.1, 0.15) is 0 Å². The van der Waals surface area contributed by atoms with E-state index in [2.05, 4.69) is 13.8 Å². The van der Waals surface area contributed by atoms with Crippen molar-refractivity contribution in [2.24, 2.45) is 11.8 Å². The highest BCUT2D eigenvalue weighted by Gasteiger charge is 2.43. The summed E-state index contributed by atoms with van der Waals surface area (Å²) in [4.78, 5) is 0. The molecule has 0 spiro atoms. The van der Waals surface area contributed by atoms with Crippen LogP contribution in [-0.2, 0) is 0 Å². The fourth-order valence-electron chi connectivity index (χ4n) is 5.13. The van der Waals surface area contributed by atoms with Crippen LogP contribution in [-0.4, -0.2) is 17.0 Å². The van der Waals surface area contributed by atoms with Crippen LogP contribution in [0.1, 0.15) is 78.1 Å². The lowest BCUT2D eigenvalue weighted by atomic mass is 10.1. The summed E-state index contributed by atoms with van der Waals surface area (Å²) in [5, 5.41) is 0. The van der Waals surface area contributed by atoms with Crippen molar-refractivity contribution in [3.8, 4) is 0 Å². The van der Waals surface area contributed by atoms with E-state index in [1.54, 1.807) is 51.4 Å². The van der Waals surface area contributed by atoms with Crippen LogP contribution in [0, 0.1) is 11.8 Å². The molecule has 0 radical (unpaired) electrons. The van der Waals surface area contributed by atoms with Crippen molar-refractivity contribution in [1.29, 1.82) is 0 Å². The quantitative estimate of drug-likeness (QED) is 0.567. The second kappa shape index (κ2) is 5.82. The third kappa shape index (κ3) is 2.52. The zero-order chi connectivity index (χ0) is 12.5. The Morgan fingerprint density at radius 2 is 1.11 bits per heavy atom. The first-order valence-electron chi connectivity index (χ1n) is 8.55. The van der Waals surface area contributed by atoms with Gasteiger partial charge in [-0.15, -0.1) is 0 Å². The van der Waals surface area contributed by atoms with Crippen molar-refractivity contribution < 1.29 is 0 Å². The highest BCUT2D eigenvalue weighted by molar-refractivity contribution is 7.60. The third-order valence-corrected chi connectivity index (χ3v) is 10.6. The van der Waals surface area contributed by atoms with Crippen LogP contribution >= 0.6 is 7.92 Å². The van der Waals surface area contributed by atoms with Crippen molar-refractivity contribution in [3.63, 3.8) is 0 Å². The number of rotatable bonds is 3. The Balaban J connectivity index is 1.78. The van der Waals surface area contributed by atoms with E-state index in [1.165, 1.54) is 18.5 Å². The van der Waals surface area contributed by atoms with Gasteiger partial charge in [0, 0.05) is 0 Å². The van der Waals surface area contributed by atoms with Crippen LogP contribution < -0.4 is 0 Å². The molecule has 0 aromatic carbocycles. The van der Waals surface area contributed by atoms with Crippen LogP contribution in [0.2, 0.25) is 0 Å². The fourth-order valence-corrected chi connectivity index (χ4v) is 10.1. The Kier molecular flexibility index (Phi) is 4.34. The van der Waals surface area contributed by atoms with E-state index < -0.39 is 0 Å². The molecular formula is C17H31P. The molecule has 0 amide bonds. The van der Waals surface area contributed by atoms with Crippen molar-refractivity contribution in [3.05, 3.63) is 0 Å². The Labute approximate surface area is 115 Å². The Hall–Kier alpha value is 0.430. The molecule has 1 heteroatoms. The monoisotopic (exact) mass is 266 g/mol. The third-order valence-electron chi connectivity index (χ3n) is 6.14. The molecule has 0 bridgehead atoms. The molecule has 3 aliphatic rings. The number of hydrogen-bond donors (Lipinski definition) is 0. The first-order valence-corrected chi connectivity index (χ1v) is 10.1. The predicted molar refractivity (Wildman–Crippen MR) is 82.8 cm³/mol. The molecule has 3 fully saturated rings. The molecule has 0 aromatic rings. The van der Waals surface area contributed by atoms with Crippen molar-refractivity contribution in [2.45, 2.75) is 95.0 Å². The second-order valence-corrected chi connectivity index (χ2v) is 10.3. The summed E-state index contributed by atoms with van der Waals surface area (Å²) in [6.07, 6.45) is 15.6. The van der Waals surface area contributed by atoms with Gasteiger partial charge in [0.15, 0.2) is 0 Å². The molecule has 0 heterocycles. The minimum Gasteiger partial charge on any atom is -0.0966 e. The van der Waals surface area contributed by atoms with E-state index in [9.17, 15) is 0 Å². The van der Waals surface area contributed by atoms with Crippen molar-refractivity contribution in [1.82, 2.24) is 0 Å². The van der Waals surface area contributed by atoms with Crippen LogP contribution in [0.25, 0.3) is 0 Å². The van der Waals surface area contributed by atoms with Gasteiger partial charge in [-0.05, 0) is 54.5 Å². The minimum atomic E-state index is 0.357. The topological polar surface area (TPSA) is 0 Å². The summed E-state index contributed by atoms with van der Waals surface area (Å²) in [5.74, 6) is 2.12. The molecule has 18 heavy (non-hydrogen) atoms. The highest BCUT2D eigenvalue weighted by atomic mass is 31.1. The summed E-state index contributed by atoms with van der Waals surface area (Å²) in [7, 11) is 0.357. The van der Waals surface area contributed by atoms with Gasteiger partial charge in [-0.1, -0.05) is 60.3 Å². The maximum atomic E-state index is 2.57. The molecule has 104 valence electrons. The first kappa shape index (κ1) is 13.4. The lowest BCUT2D eigenvalue weighted by Gasteiger charge is -2.39. The second-order valence-electron chi connectivity index (χ2n) is 7.34. The van der Waals surface area contributed by atoms with Crippen LogP contribution in [0.4, 0.5) is 0 Å². The van der Waals surface area contributed by atoms with E-state index in [0.717, 1.165) is 23.2 Å². The molecule has 3 rings (SSSR count). The van der Waals surface area contributed by atoms with E-state index in [0.29, 0.717) is 7.92 Å². The Bertz CT molecular complexity index is 249. The number of hydrogen-bond acceptors (Lipinski definition) is 0. The van der Waals surface area contributed by atoms with Gasteiger partial charge in [-0.2, -0.15) is 0 Å². The molecule has 3 aliphatic carbocycles. The normalized spacial score (nSPS) is 43.7. The standard InChI is InChI=1S/C17H31P/c1-13-7-5-11-16(13)18(15-9-3-4-10-15)17-12-6-8-14(17)2/h13-17H,3-12H2,1-2H3/t13-,14-,16?,17?,18?/m0/s1.